The summed E-state index contributed by atoms with van der Waals surface area (Å²) in [5.41, 5.74) is 1.14. The van der Waals surface area contributed by atoms with Gasteiger partial charge in [-0.25, -0.2) is 9.59 Å². The number of hydrogen-bond acceptors (Lipinski definition) is 6. The molecule has 1 fully saturated rings. The minimum atomic E-state index is -0.495. The normalized spacial score (nSPS) is 16.7. The molecule has 6 heteroatoms. The van der Waals surface area contributed by atoms with Crippen LogP contribution in [0.25, 0.3) is 0 Å². The average molecular weight is 334 g/mol. The van der Waals surface area contributed by atoms with Gasteiger partial charge >= 0.3 is 11.9 Å². The fourth-order valence-corrected chi connectivity index (χ4v) is 2.41. The molecular formula is C18H26N2O4. The van der Waals surface area contributed by atoms with E-state index >= 15 is 0 Å². The molecule has 0 atom stereocenters. The fourth-order valence-electron chi connectivity index (χ4n) is 2.41. The molecule has 0 aliphatic carbocycles. The van der Waals surface area contributed by atoms with E-state index in [9.17, 15) is 9.59 Å². The highest BCUT2D eigenvalue weighted by Crippen LogP contribution is 2.17. The lowest BCUT2D eigenvalue weighted by atomic mass is 9.98. The largest absolute Gasteiger partial charge is 0.465 e. The van der Waals surface area contributed by atoms with Gasteiger partial charge in [-0.15, -0.1) is 5.06 Å². The molecule has 0 unspecified atom stereocenters. The van der Waals surface area contributed by atoms with Gasteiger partial charge in [0.05, 0.1) is 18.1 Å². The first kappa shape index (κ1) is 18.4. The predicted octanol–water partition coefficient (Wildman–Crippen LogP) is 2.10. The van der Waals surface area contributed by atoms with Crippen LogP contribution >= 0.6 is 0 Å². The fraction of sp³-hybridized carbons (Fsp3) is 0.556. The number of piperazine rings is 1. The molecule has 1 aromatic carbocycles. The predicted molar refractivity (Wildman–Crippen MR) is 90.2 cm³/mol. The summed E-state index contributed by atoms with van der Waals surface area (Å²) in [5, 5.41) is 1.73. The molecular weight excluding hydrogens is 308 g/mol. The van der Waals surface area contributed by atoms with Gasteiger partial charge in [0.2, 0.25) is 0 Å². The minimum Gasteiger partial charge on any atom is -0.465 e. The Morgan fingerprint density at radius 2 is 1.79 bits per heavy atom. The highest BCUT2D eigenvalue weighted by molar-refractivity contribution is 5.89. The van der Waals surface area contributed by atoms with Crippen molar-refractivity contribution in [2.45, 2.75) is 27.3 Å². The van der Waals surface area contributed by atoms with E-state index in [2.05, 4.69) is 4.90 Å². The second-order valence-corrected chi connectivity index (χ2v) is 7.03. The number of nitrogens with zero attached hydrogens (tertiary/aromatic N) is 2. The number of benzene rings is 1. The van der Waals surface area contributed by atoms with Crippen molar-refractivity contribution in [2.24, 2.45) is 5.41 Å². The van der Waals surface area contributed by atoms with E-state index in [1.54, 1.807) is 11.1 Å². The maximum atomic E-state index is 11.9. The second kappa shape index (κ2) is 7.77. The Morgan fingerprint density at radius 1 is 1.12 bits per heavy atom. The molecule has 0 radical (unpaired) electrons. The molecule has 0 bridgehead atoms. The van der Waals surface area contributed by atoms with Crippen molar-refractivity contribution < 1.29 is 19.2 Å². The molecule has 0 spiro atoms. The molecule has 1 saturated heterocycles. The third-order valence-electron chi connectivity index (χ3n) is 3.91. The molecule has 0 amide bonds. The number of carbonyl (C=O) groups is 2. The van der Waals surface area contributed by atoms with Crippen molar-refractivity contribution in [2.75, 3.05) is 33.3 Å². The number of rotatable bonds is 4. The summed E-state index contributed by atoms with van der Waals surface area (Å²) in [6.07, 6.45) is 0. The van der Waals surface area contributed by atoms with E-state index in [1.165, 1.54) is 7.11 Å². The summed E-state index contributed by atoms with van der Waals surface area (Å²) >= 11 is 0. The van der Waals surface area contributed by atoms with Gasteiger partial charge in [0.1, 0.15) is 0 Å². The third kappa shape index (κ3) is 5.04. The molecule has 1 aliphatic rings. The molecule has 132 valence electrons. The zero-order valence-corrected chi connectivity index (χ0v) is 14.9. The Labute approximate surface area is 143 Å². The van der Waals surface area contributed by atoms with E-state index < -0.39 is 5.41 Å². The van der Waals surface area contributed by atoms with Crippen LogP contribution in [0.5, 0.6) is 0 Å². The van der Waals surface area contributed by atoms with Gasteiger partial charge in [0, 0.05) is 32.7 Å². The molecule has 6 nitrogen and oxygen atoms in total. The van der Waals surface area contributed by atoms with Gasteiger partial charge in [-0.2, -0.15) is 0 Å². The van der Waals surface area contributed by atoms with Crippen molar-refractivity contribution in [3.63, 3.8) is 0 Å². The van der Waals surface area contributed by atoms with Gasteiger partial charge in [-0.1, -0.05) is 12.1 Å². The van der Waals surface area contributed by atoms with Crippen LogP contribution in [0.15, 0.2) is 24.3 Å². The molecule has 1 aliphatic heterocycles. The second-order valence-electron chi connectivity index (χ2n) is 7.03. The topological polar surface area (TPSA) is 59.1 Å². The molecule has 0 aromatic heterocycles. The van der Waals surface area contributed by atoms with Gasteiger partial charge < -0.3 is 9.57 Å². The smallest absolute Gasteiger partial charge is 0.337 e. The molecule has 24 heavy (non-hydrogen) atoms. The highest BCUT2D eigenvalue weighted by atomic mass is 16.7. The van der Waals surface area contributed by atoms with Crippen LogP contribution in [0.3, 0.4) is 0 Å². The lowest BCUT2D eigenvalue weighted by molar-refractivity contribution is -0.207. The quantitative estimate of drug-likeness (QED) is 0.786. The third-order valence-corrected chi connectivity index (χ3v) is 3.91. The van der Waals surface area contributed by atoms with Crippen LogP contribution in [-0.4, -0.2) is 55.2 Å². The maximum Gasteiger partial charge on any atom is 0.337 e. The summed E-state index contributed by atoms with van der Waals surface area (Å²) in [6.45, 7) is 9.27. The van der Waals surface area contributed by atoms with Crippen LogP contribution in [0.1, 0.15) is 36.7 Å². The van der Waals surface area contributed by atoms with Gasteiger partial charge in [-0.3, -0.25) is 4.90 Å². The van der Waals surface area contributed by atoms with Crippen molar-refractivity contribution in [1.82, 2.24) is 9.96 Å². The van der Waals surface area contributed by atoms with E-state index in [-0.39, 0.29) is 11.9 Å². The number of ether oxygens (including phenoxy) is 1. The molecule has 0 saturated carbocycles. The summed E-state index contributed by atoms with van der Waals surface area (Å²) in [6, 6.07) is 7.47. The zero-order chi connectivity index (χ0) is 17.7. The van der Waals surface area contributed by atoms with Crippen molar-refractivity contribution in [3.8, 4) is 0 Å². The molecule has 0 N–H and O–H groups in total. The minimum absolute atomic E-state index is 0.207. The standard InChI is InChI=1S/C18H26N2O4/c1-18(2,3)17(22)24-20-10-8-19(9-11-20)13-14-6-5-7-15(12-14)16(21)23-4/h5-7,12H,8-11,13H2,1-4H3. The number of carbonyl (C=O) groups excluding carboxylic acids is 2. The first-order chi connectivity index (χ1) is 11.3. The van der Waals surface area contributed by atoms with Gasteiger partial charge in [0.15, 0.2) is 0 Å². The highest BCUT2D eigenvalue weighted by Gasteiger charge is 2.27. The average Bonchev–Trinajstić information content (AvgIpc) is 2.55. The SMILES string of the molecule is COC(=O)c1cccc(CN2CCN(OC(=O)C(C)(C)C)CC2)c1. The van der Waals surface area contributed by atoms with Crippen LogP contribution in [-0.2, 0) is 20.9 Å². The van der Waals surface area contributed by atoms with Crippen molar-refractivity contribution in [1.29, 1.82) is 0 Å². The number of methoxy groups -OCH3 is 1. The van der Waals surface area contributed by atoms with Crippen molar-refractivity contribution in [3.05, 3.63) is 35.4 Å². The molecule has 1 aromatic rings. The molecule has 1 heterocycles. The first-order valence-electron chi connectivity index (χ1n) is 8.16. The molecule has 2 rings (SSSR count). The Morgan fingerprint density at radius 3 is 2.38 bits per heavy atom. The number of esters is 1. The van der Waals surface area contributed by atoms with E-state index in [4.69, 9.17) is 9.57 Å². The lowest BCUT2D eigenvalue weighted by Crippen LogP contribution is -2.47. The van der Waals surface area contributed by atoms with Crippen LogP contribution < -0.4 is 0 Å². The Kier molecular flexibility index (Phi) is 5.96. The first-order valence-corrected chi connectivity index (χ1v) is 8.16. The van der Waals surface area contributed by atoms with Crippen LogP contribution in [0.4, 0.5) is 0 Å². The maximum absolute atomic E-state index is 11.9. The van der Waals surface area contributed by atoms with Gasteiger partial charge in [-0.05, 0) is 38.5 Å². The summed E-state index contributed by atoms with van der Waals surface area (Å²) < 4.78 is 4.75. The van der Waals surface area contributed by atoms with Crippen LogP contribution in [0.2, 0.25) is 0 Å². The summed E-state index contributed by atoms with van der Waals surface area (Å²) in [5.74, 6) is -0.530. The number of hydrogen-bond donors (Lipinski definition) is 0. The van der Waals surface area contributed by atoms with Crippen LogP contribution in [0, 0.1) is 5.41 Å². The van der Waals surface area contributed by atoms with Crippen molar-refractivity contribution >= 4 is 11.9 Å². The lowest BCUT2D eigenvalue weighted by Gasteiger charge is -2.34. The van der Waals surface area contributed by atoms with Gasteiger partial charge in [0.25, 0.3) is 0 Å². The summed E-state index contributed by atoms with van der Waals surface area (Å²) in [7, 11) is 1.38. The monoisotopic (exact) mass is 334 g/mol. The van der Waals surface area contributed by atoms with E-state index in [0.717, 1.165) is 25.2 Å². The van der Waals surface area contributed by atoms with E-state index in [1.807, 2.05) is 39.0 Å². The summed E-state index contributed by atoms with van der Waals surface area (Å²) in [4.78, 5) is 31.2. The Balaban J connectivity index is 1.85. The Hall–Kier alpha value is -1.92. The zero-order valence-electron chi connectivity index (χ0n) is 14.9. The van der Waals surface area contributed by atoms with E-state index in [0.29, 0.717) is 18.7 Å². The Bertz CT molecular complexity index is 587. The number of hydroxylamine groups is 2.